The smallest absolute Gasteiger partial charge is 0.248 e. The van der Waals surface area contributed by atoms with E-state index in [-0.39, 0.29) is 5.75 Å². The third kappa shape index (κ3) is 3.46. The van der Waals surface area contributed by atoms with Crippen molar-refractivity contribution in [1.82, 2.24) is 10.2 Å². The monoisotopic (exact) mass is 362 g/mol. The predicted molar refractivity (Wildman–Crippen MR) is 85.1 cm³/mol. The fourth-order valence-corrected chi connectivity index (χ4v) is 2.93. The van der Waals surface area contributed by atoms with Gasteiger partial charge in [-0.25, -0.2) is 0 Å². The molecule has 0 unspecified atom stereocenters. The standard InChI is InChI=1S/C15H11BrN2O2S/c16-13-4-2-1-3-12(13)15-18-17-14(20-15)9-21-11-7-5-10(19)6-8-11/h1-8,19H,9H2. The van der Waals surface area contributed by atoms with Gasteiger partial charge in [0.15, 0.2) is 0 Å². The van der Waals surface area contributed by atoms with E-state index in [4.69, 9.17) is 4.42 Å². The quantitative estimate of drug-likeness (QED) is 0.692. The van der Waals surface area contributed by atoms with E-state index in [1.807, 2.05) is 36.4 Å². The van der Waals surface area contributed by atoms with Crippen LogP contribution in [0.1, 0.15) is 5.89 Å². The second-order valence-electron chi connectivity index (χ2n) is 4.26. The summed E-state index contributed by atoms with van der Waals surface area (Å²) in [7, 11) is 0. The van der Waals surface area contributed by atoms with Gasteiger partial charge < -0.3 is 9.52 Å². The van der Waals surface area contributed by atoms with E-state index < -0.39 is 0 Å². The van der Waals surface area contributed by atoms with Crippen LogP contribution >= 0.6 is 27.7 Å². The number of aromatic hydroxyl groups is 1. The molecule has 3 aromatic rings. The van der Waals surface area contributed by atoms with E-state index in [9.17, 15) is 5.11 Å². The number of phenols is 1. The van der Waals surface area contributed by atoms with Crippen molar-refractivity contribution >= 4 is 27.7 Å². The Morgan fingerprint density at radius 3 is 2.57 bits per heavy atom. The van der Waals surface area contributed by atoms with Crippen LogP contribution in [0, 0.1) is 0 Å². The molecule has 0 saturated carbocycles. The average molecular weight is 363 g/mol. The van der Waals surface area contributed by atoms with Crippen molar-refractivity contribution in [1.29, 1.82) is 0 Å². The maximum absolute atomic E-state index is 9.24. The number of nitrogens with zero attached hydrogens (tertiary/aromatic N) is 2. The topological polar surface area (TPSA) is 59.2 Å². The van der Waals surface area contributed by atoms with Crippen molar-refractivity contribution in [3.63, 3.8) is 0 Å². The third-order valence-electron chi connectivity index (χ3n) is 2.77. The Morgan fingerprint density at radius 2 is 1.81 bits per heavy atom. The van der Waals surface area contributed by atoms with Gasteiger partial charge in [0.05, 0.1) is 11.3 Å². The normalized spacial score (nSPS) is 10.7. The molecule has 0 aliphatic heterocycles. The summed E-state index contributed by atoms with van der Waals surface area (Å²) in [5.41, 5.74) is 0.880. The van der Waals surface area contributed by atoms with E-state index in [0.717, 1.165) is 14.9 Å². The molecule has 0 fully saturated rings. The highest BCUT2D eigenvalue weighted by molar-refractivity contribution is 9.10. The van der Waals surface area contributed by atoms with Gasteiger partial charge in [0.2, 0.25) is 11.8 Å². The van der Waals surface area contributed by atoms with Crippen LogP contribution in [-0.2, 0) is 5.75 Å². The molecular formula is C15H11BrN2O2S. The van der Waals surface area contributed by atoms with Crippen molar-refractivity contribution in [3.8, 4) is 17.2 Å². The molecule has 6 heteroatoms. The summed E-state index contributed by atoms with van der Waals surface area (Å²) in [6, 6.07) is 14.7. The van der Waals surface area contributed by atoms with Crippen LogP contribution in [-0.4, -0.2) is 15.3 Å². The van der Waals surface area contributed by atoms with Crippen LogP contribution in [0.2, 0.25) is 0 Å². The van der Waals surface area contributed by atoms with Crippen LogP contribution < -0.4 is 0 Å². The molecule has 0 atom stereocenters. The molecule has 0 bridgehead atoms. The minimum atomic E-state index is 0.258. The number of hydrogen-bond acceptors (Lipinski definition) is 5. The lowest BCUT2D eigenvalue weighted by atomic mass is 10.2. The molecule has 0 radical (unpaired) electrons. The second kappa shape index (κ2) is 6.32. The van der Waals surface area contributed by atoms with Gasteiger partial charge in [-0.05, 0) is 52.3 Å². The van der Waals surface area contributed by atoms with Gasteiger partial charge in [-0.1, -0.05) is 12.1 Å². The Balaban J connectivity index is 1.71. The number of halogens is 1. The summed E-state index contributed by atoms with van der Waals surface area (Å²) >= 11 is 5.04. The molecule has 0 aliphatic rings. The molecule has 1 heterocycles. The summed E-state index contributed by atoms with van der Waals surface area (Å²) in [4.78, 5) is 1.04. The van der Waals surface area contributed by atoms with Crippen LogP contribution in [0.25, 0.3) is 11.5 Å². The Morgan fingerprint density at radius 1 is 1.05 bits per heavy atom. The van der Waals surface area contributed by atoms with E-state index in [2.05, 4.69) is 26.1 Å². The lowest BCUT2D eigenvalue weighted by molar-refractivity contribution is 0.475. The van der Waals surface area contributed by atoms with Crippen LogP contribution in [0.5, 0.6) is 5.75 Å². The molecule has 0 saturated heterocycles. The molecule has 0 spiro atoms. The van der Waals surface area contributed by atoms with Crippen molar-refractivity contribution in [2.24, 2.45) is 0 Å². The Labute approximate surface area is 134 Å². The first-order valence-corrected chi connectivity index (χ1v) is 7.99. The molecule has 1 N–H and O–H groups in total. The molecular weight excluding hydrogens is 352 g/mol. The lowest BCUT2D eigenvalue weighted by Crippen LogP contribution is -1.80. The second-order valence-corrected chi connectivity index (χ2v) is 6.17. The summed E-state index contributed by atoms with van der Waals surface area (Å²) in [5, 5.41) is 17.4. The highest BCUT2D eigenvalue weighted by atomic mass is 79.9. The zero-order valence-electron chi connectivity index (χ0n) is 10.9. The van der Waals surface area contributed by atoms with Crippen LogP contribution in [0.4, 0.5) is 0 Å². The average Bonchev–Trinajstić information content (AvgIpc) is 2.96. The Hall–Kier alpha value is -1.79. The highest BCUT2D eigenvalue weighted by Gasteiger charge is 2.11. The maximum atomic E-state index is 9.24. The Kier molecular flexibility index (Phi) is 4.26. The van der Waals surface area contributed by atoms with Crippen molar-refractivity contribution in [2.45, 2.75) is 10.6 Å². The number of rotatable bonds is 4. The molecule has 0 aliphatic carbocycles. The SMILES string of the molecule is Oc1ccc(SCc2nnc(-c3ccccc3Br)o2)cc1. The molecule has 0 amide bonds. The fourth-order valence-electron chi connectivity index (χ4n) is 1.74. The van der Waals surface area contributed by atoms with E-state index >= 15 is 0 Å². The van der Waals surface area contributed by atoms with Gasteiger partial charge in [-0.15, -0.1) is 22.0 Å². The highest BCUT2D eigenvalue weighted by Crippen LogP contribution is 2.29. The lowest BCUT2D eigenvalue weighted by Gasteiger charge is -1.99. The Bertz CT molecular complexity index is 743. The number of phenolic OH excluding ortho intramolecular Hbond substituents is 1. The molecule has 4 nitrogen and oxygen atoms in total. The fraction of sp³-hybridized carbons (Fsp3) is 0.0667. The maximum Gasteiger partial charge on any atom is 0.248 e. The van der Waals surface area contributed by atoms with Gasteiger partial charge in [-0.2, -0.15) is 0 Å². The van der Waals surface area contributed by atoms with Crippen molar-refractivity contribution in [2.75, 3.05) is 0 Å². The largest absolute Gasteiger partial charge is 0.508 e. The molecule has 2 aromatic carbocycles. The number of thioether (sulfide) groups is 1. The van der Waals surface area contributed by atoms with Gasteiger partial charge >= 0.3 is 0 Å². The minimum absolute atomic E-state index is 0.258. The zero-order chi connectivity index (χ0) is 14.7. The summed E-state index contributed by atoms with van der Waals surface area (Å²) in [5.74, 6) is 1.92. The molecule has 21 heavy (non-hydrogen) atoms. The van der Waals surface area contributed by atoms with Gasteiger partial charge in [0.25, 0.3) is 0 Å². The van der Waals surface area contributed by atoms with Crippen molar-refractivity contribution < 1.29 is 9.52 Å². The van der Waals surface area contributed by atoms with Gasteiger partial charge in [-0.3, -0.25) is 0 Å². The van der Waals surface area contributed by atoms with Crippen LogP contribution in [0.3, 0.4) is 0 Å². The first kappa shape index (κ1) is 14.2. The van der Waals surface area contributed by atoms with Crippen LogP contribution in [0.15, 0.2) is 62.3 Å². The summed E-state index contributed by atoms with van der Waals surface area (Å²) < 4.78 is 6.60. The first-order chi connectivity index (χ1) is 10.2. The molecule has 3 rings (SSSR count). The van der Waals surface area contributed by atoms with Crippen molar-refractivity contribution in [3.05, 3.63) is 58.9 Å². The summed E-state index contributed by atoms with van der Waals surface area (Å²) in [6.45, 7) is 0. The zero-order valence-corrected chi connectivity index (χ0v) is 13.3. The molecule has 106 valence electrons. The number of aromatic nitrogens is 2. The van der Waals surface area contributed by atoms with E-state index in [1.165, 1.54) is 0 Å². The van der Waals surface area contributed by atoms with E-state index in [1.54, 1.807) is 23.9 Å². The number of benzene rings is 2. The predicted octanol–water partition coefficient (Wildman–Crippen LogP) is 4.50. The minimum Gasteiger partial charge on any atom is -0.508 e. The molecule has 1 aromatic heterocycles. The van der Waals surface area contributed by atoms with E-state index in [0.29, 0.717) is 17.5 Å². The first-order valence-electron chi connectivity index (χ1n) is 6.21. The third-order valence-corrected chi connectivity index (χ3v) is 4.46. The van der Waals surface area contributed by atoms with Gasteiger partial charge in [0, 0.05) is 9.37 Å². The van der Waals surface area contributed by atoms with Gasteiger partial charge in [0.1, 0.15) is 5.75 Å². The summed E-state index contributed by atoms with van der Waals surface area (Å²) in [6.07, 6.45) is 0. The number of hydrogen-bond donors (Lipinski definition) is 1.